The zero-order valence-electron chi connectivity index (χ0n) is 9.58. The van der Waals surface area contributed by atoms with Gasteiger partial charge in [0, 0.05) is 5.56 Å². The van der Waals surface area contributed by atoms with Gasteiger partial charge in [-0.3, -0.25) is 0 Å². The number of rotatable bonds is 0. The van der Waals surface area contributed by atoms with E-state index in [9.17, 15) is 13.5 Å². The summed E-state index contributed by atoms with van der Waals surface area (Å²) in [5.74, 6) is -0.0583. The predicted molar refractivity (Wildman–Crippen MR) is 67.8 cm³/mol. The van der Waals surface area contributed by atoms with Gasteiger partial charge in [0.15, 0.2) is 9.84 Å². The van der Waals surface area contributed by atoms with Gasteiger partial charge in [-0.2, -0.15) is 0 Å². The minimum absolute atomic E-state index is 0.0583. The zero-order chi connectivity index (χ0) is 12.8. The van der Waals surface area contributed by atoms with Crippen molar-refractivity contribution in [3.63, 3.8) is 0 Å². The fourth-order valence-corrected chi connectivity index (χ4v) is 4.02. The summed E-state index contributed by atoms with van der Waals surface area (Å²) in [4.78, 5) is 0.230. The molecule has 2 aromatic carbocycles. The molecule has 1 N–H and O–H groups in total. The van der Waals surface area contributed by atoms with Crippen molar-refractivity contribution in [3.8, 4) is 0 Å². The molecule has 92 valence electrons. The van der Waals surface area contributed by atoms with Gasteiger partial charge >= 0.3 is 0 Å². The number of hydrogen-bond acceptors (Lipinski definition) is 3. The van der Waals surface area contributed by atoms with E-state index < -0.39 is 15.9 Å². The first-order chi connectivity index (χ1) is 8.59. The van der Waals surface area contributed by atoms with Crippen LogP contribution in [0.2, 0.25) is 0 Å². The lowest BCUT2D eigenvalue weighted by Gasteiger charge is -2.12. The molecule has 1 aliphatic heterocycles. The molecule has 2 aromatic rings. The Bertz CT molecular complexity index is 704. The third-order valence-electron chi connectivity index (χ3n) is 3.24. The largest absolute Gasteiger partial charge is 0.384 e. The second kappa shape index (κ2) is 3.93. The maximum Gasteiger partial charge on any atom is 0.182 e. The molecular weight excluding hydrogens is 248 g/mol. The molecule has 4 heteroatoms. The van der Waals surface area contributed by atoms with E-state index in [-0.39, 0.29) is 10.6 Å². The van der Waals surface area contributed by atoms with Crippen molar-refractivity contribution in [1.29, 1.82) is 0 Å². The highest BCUT2D eigenvalue weighted by Gasteiger charge is 2.29. The smallest absolute Gasteiger partial charge is 0.182 e. The molecule has 1 atom stereocenters. The van der Waals surface area contributed by atoms with Gasteiger partial charge in [0.1, 0.15) is 6.10 Å². The molecule has 0 bridgehead atoms. The van der Waals surface area contributed by atoms with Crippen molar-refractivity contribution in [2.24, 2.45) is 0 Å². The first-order valence-electron chi connectivity index (χ1n) is 5.67. The van der Waals surface area contributed by atoms with Crippen LogP contribution in [0.5, 0.6) is 0 Å². The second-order valence-electron chi connectivity index (χ2n) is 4.40. The van der Waals surface area contributed by atoms with Crippen molar-refractivity contribution in [1.82, 2.24) is 0 Å². The molecule has 0 fully saturated rings. The van der Waals surface area contributed by atoms with E-state index in [1.54, 1.807) is 42.5 Å². The van der Waals surface area contributed by atoms with Gasteiger partial charge < -0.3 is 5.11 Å². The Kier molecular flexibility index (Phi) is 2.50. The Morgan fingerprint density at radius 3 is 2.33 bits per heavy atom. The Labute approximate surface area is 106 Å². The van der Waals surface area contributed by atoms with Crippen LogP contribution in [-0.4, -0.2) is 13.5 Å². The van der Waals surface area contributed by atoms with Crippen LogP contribution >= 0.6 is 0 Å². The predicted octanol–water partition coefficient (Wildman–Crippen LogP) is 2.06. The second-order valence-corrected chi connectivity index (χ2v) is 6.36. The topological polar surface area (TPSA) is 54.4 Å². The first-order valence-corrected chi connectivity index (χ1v) is 7.32. The normalized spacial score (nSPS) is 20.6. The van der Waals surface area contributed by atoms with E-state index in [4.69, 9.17) is 0 Å². The van der Waals surface area contributed by atoms with Crippen LogP contribution in [0.15, 0.2) is 53.4 Å². The number of sulfone groups is 1. The average molecular weight is 260 g/mol. The lowest BCUT2D eigenvalue weighted by atomic mass is 9.98. The highest BCUT2D eigenvalue weighted by molar-refractivity contribution is 7.90. The van der Waals surface area contributed by atoms with Gasteiger partial charge in [-0.25, -0.2) is 8.42 Å². The van der Waals surface area contributed by atoms with Gasteiger partial charge in [-0.15, -0.1) is 0 Å². The molecule has 0 unspecified atom stereocenters. The number of hydrogen-bond donors (Lipinski definition) is 1. The van der Waals surface area contributed by atoms with E-state index in [1.807, 2.05) is 6.07 Å². The fourth-order valence-electron chi connectivity index (χ4n) is 2.37. The summed E-state index contributed by atoms with van der Waals surface area (Å²) in [5, 5.41) is 10.4. The van der Waals surface area contributed by atoms with Crippen molar-refractivity contribution >= 4 is 9.84 Å². The quantitative estimate of drug-likeness (QED) is 0.788. The first kappa shape index (κ1) is 11.4. The molecule has 1 heterocycles. The summed E-state index contributed by atoms with van der Waals surface area (Å²) in [6.45, 7) is 0. The molecule has 0 aliphatic carbocycles. The molecule has 0 radical (unpaired) electrons. The Hall–Kier alpha value is -1.65. The van der Waals surface area contributed by atoms with Crippen LogP contribution in [0, 0.1) is 0 Å². The summed E-state index contributed by atoms with van der Waals surface area (Å²) in [6.07, 6.45) is -0.880. The van der Waals surface area contributed by atoms with E-state index in [2.05, 4.69) is 0 Å². The minimum atomic E-state index is -3.38. The van der Waals surface area contributed by atoms with Crippen molar-refractivity contribution < 1.29 is 13.5 Å². The standard InChI is InChI=1S/C14H12O3S/c15-14-11-6-2-1-5-10(11)9-18(16,17)13-8-4-3-7-12(13)14/h1-8,14-15H,9H2/t14-/m0/s1. The Morgan fingerprint density at radius 2 is 1.56 bits per heavy atom. The Morgan fingerprint density at radius 1 is 0.944 bits per heavy atom. The van der Waals surface area contributed by atoms with Gasteiger partial charge in [0.2, 0.25) is 0 Å². The lowest BCUT2D eigenvalue weighted by Crippen LogP contribution is -2.05. The van der Waals surface area contributed by atoms with E-state index in [0.717, 1.165) is 0 Å². The molecular formula is C14H12O3S. The third-order valence-corrected chi connectivity index (χ3v) is 4.98. The molecule has 0 spiro atoms. The molecule has 0 amide bonds. The molecule has 0 saturated carbocycles. The molecule has 0 saturated heterocycles. The zero-order valence-corrected chi connectivity index (χ0v) is 10.4. The van der Waals surface area contributed by atoms with E-state index >= 15 is 0 Å². The maximum atomic E-state index is 12.3. The van der Waals surface area contributed by atoms with Crippen LogP contribution in [0.4, 0.5) is 0 Å². The van der Waals surface area contributed by atoms with Crippen LogP contribution < -0.4 is 0 Å². The van der Waals surface area contributed by atoms with Gasteiger partial charge in [-0.05, 0) is 17.2 Å². The molecule has 3 nitrogen and oxygen atoms in total. The summed E-state index contributed by atoms with van der Waals surface area (Å²) in [5.41, 5.74) is 1.80. The van der Waals surface area contributed by atoms with Crippen molar-refractivity contribution in [2.45, 2.75) is 16.8 Å². The fraction of sp³-hybridized carbons (Fsp3) is 0.143. The van der Waals surface area contributed by atoms with Gasteiger partial charge in [0.25, 0.3) is 0 Å². The maximum absolute atomic E-state index is 12.3. The van der Waals surface area contributed by atoms with Crippen LogP contribution in [-0.2, 0) is 15.6 Å². The van der Waals surface area contributed by atoms with Gasteiger partial charge in [-0.1, -0.05) is 42.5 Å². The monoisotopic (exact) mass is 260 g/mol. The summed E-state index contributed by atoms with van der Waals surface area (Å²) in [7, 11) is -3.38. The van der Waals surface area contributed by atoms with Gasteiger partial charge in [0.05, 0.1) is 10.6 Å². The van der Waals surface area contributed by atoms with Crippen LogP contribution in [0.1, 0.15) is 22.8 Å². The molecule has 0 aromatic heterocycles. The summed E-state index contributed by atoms with van der Waals surface area (Å²) >= 11 is 0. The highest BCUT2D eigenvalue weighted by atomic mass is 32.2. The highest BCUT2D eigenvalue weighted by Crippen LogP contribution is 2.35. The SMILES string of the molecule is O=S1(=O)Cc2ccccc2[C@H](O)c2ccccc21. The van der Waals surface area contributed by atoms with Crippen molar-refractivity contribution in [2.75, 3.05) is 0 Å². The Balaban J connectivity index is 2.35. The number of aliphatic hydroxyl groups excluding tert-OH is 1. The number of benzene rings is 2. The van der Waals surface area contributed by atoms with Crippen molar-refractivity contribution in [3.05, 3.63) is 65.2 Å². The summed E-state index contributed by atoms with van der Waals surface area (Å²) in [6, 6.07) is 13.8. The lowest BCUT2D eigenvalue weighted by molar-refractivity contribution is 0.217. The van der Waals surface area contributed by atoms with Crippen LogP contribution in [0.3, 0.4) is 0 Å². The van der Waals surface area contributed by atoms with Crippen LogP contribution in [0.25, 0.3) is 0 Å². The molecule has 18 heavy (non-hydrogen) atoms. The summed E-state index contributed by atoms with van der Waals surface area (Å²) < 4.78 is 24.6. The minimum Gasteiger partial charge on any atom is -0.384 e. The number of fused-ring (bicyclic) bond motifs is 2. The number of aliphatic hydroxyl groups is 1. The molecule has 1 aliphatic rings. The van der Waals surface area contributed by atoms with E-state index in [1.165, 1.54) is 0 Å². The average Bonchev–Trinajstić information content (AvgIpc) is 2.45. The van der Waals surface area contributed by atoms with E-state index in [0.29, 0.717) is 16.7 Å². The third kappa shape index (κ3) is 1.65. The molecule has 3 rings (SSSR count).